The van der Waals surface area contributed by atoms with E-state index in [4.69, 9.17) is 6.42 Å². The third kappa shape index (κ3) is 2.60. The largest absolute Gasteiger partial charge is 0.339 e. The third-order valence-corrected chi connectivity index (χ3v) is 1.73. The molecule has 0 aliphatic rings. The summed E-state index contributed by atoms with van der Waals surface area (Å²) < 4.78 is 0. The smallest absolute Gasteiger partial charge is 0.253 e. The van der Waals surface area contributed by atoms with E-state index in [2.05, 4.69) is 16.2 Å². The van der Waals surface area contributed by atoms with Crippen molar-refractivity contribution in [1.29, 1.82) is 0 Å². The highest BCUT2D eigenvalue weighted by Gasteiger charge is 2.07. The lowest BCUT2D eigenvalue weighted by molar-refractivity contribution is 0.0947. The van der Waals surface area contributed by atoms with E-state index in [1.165, 1.54) is 6.20 Å². The van der Waals surface area contributed by atoms with E-state index in [0.29, 0.717) is 5.56 Å². The second-order valence-electron chi connectivity index (χ2n) is 3.11. The molecule has 1 heterocycles. The van der Waals surface area contributed by atoms with E-state index < -0.39 is 0 Å². The van der Waals surface area contributed by atoms with Crippen LogP contribution in [0.25, 0.3) is 0 Å². The van der Waals surface area contributed by atoms with Crippen molar-refractivity contribution in [2.24, 2.45) is 0 Å². The summed E-state index contributed by atoms with van der Waals surface area (Å²) in [6, 6.07) is 1.51. The zero-order chi connectivity index (χ0) is 10.6. The molecule has 1 aromatic heterocycles. The first-order chi connectivity index (χ1) is 6.63. The number of carbonyl (C=O) groups excluding carboxylic acids is 1. The van der Waals surface area contributed by atoms with Gasteiger partial charge in [-0.15, -0.1) is 6.42 Å². The minimum Gasteiger partial charge on any atom is -0.339 e. The zero-order valence-electron chi connectivity index (χ0n) is 8.24. The van der Waals surface area contributed by atoms with Crippen molar-refractivity contribution in [3.05, 3.63) is 29.6 Å². The number of aromatic nitrogens is 1. The molecular formula is C11H12N2O. The van der Waals surface area contributed by atoms with Gasteiger partial charge in [-0.1, -0.05) is 5.92 Å². The Bertz CT molecular complexity index is 379. The molecule has 0 bridgehead atoms. The molecule has 1 rings (SSSR count). The number of carbonyl (C=O) groups is 1. The molecule has 0 saturated carbocycles. The first-order valence-electron chi connectivity index (χ1n) is 4.32. The first-order valence-corrected chi connectivity index (χ1v) is 4.32. The van der Waals surface area contributed by atoms with E-state index >= 15 is 0 Å². The van der Waals surface area contributed by atoms with Crippen LogP contribution in [0.3, 0.4) is 0 Å². The minimum atomic E-state index is -0.261. The van der Waals surface area contributed by atoms with Gasteiger partial charge in [-0.25, -0.2) is 0 Å². The molecule has 1 unspecified atom stereocenters. The van der Waals surface area contributed by atoms with Crippen LogP contribution in [0.1, 0.15) is 22.8 Å². The van der Waals surface area contributed by atoms with E-state index in [1.54, 1.807) is 19.2 Å². The monoisotopic (exact) mass is 188 g/mol. The van der Waals surface area contributed by atoms with Gasteiger partial charge >= 0.3 is 0 Å². The van der Waals surface area contributed by atoms with Gasteiger partial charge in [-0.05, 0) is 25.5 Å². The van der Waals surface area contributed by atoms with E-state index in [1.807, 2.05) is 6.92 Å². The van der Waals surface area contributed by atoms with Crippen molar-refractivity contribution in [3.63, 3.8) is 0 Å². The van der Waals surface area contributed by atoms with Gasteiger partial charge in [0, 0.05) is 12.4 Å². The fraction of sp³-hybridized carbons (Fsp3) is 0.273. The highest BCUT2D eigenvalue weighted by atomic mass is 16.1. The van der Waals surface area contributed by atoms with Crippen molar-refractivity contribution >= 4 is 5.91 Å². The predicted octanol–water partition coefficient (Wildman–Crippen LogP) is 1.14. The highest BCUT2D eigenvalue weighted by molar-refractivity contribution is 5.94. The lowest BCUT2D eigenvalue weighted by Gasteiger charge is -2.07. The topological polar surface area (TPSA) is 42.0 Å². The van der Waals surface area contributed by atoms with Crippen molar-refractivity contribution in [2.45, 2.75) is 19.9 Å². The van der Waals surface area contributed by atoms with Crippen LogP contribution in [0.2, 0.25) is 0 Å². The number of amides is 1. The highest BCUT2D eigenvalue weighted by Crippen LogP contribution is 2.01. The molecule has 1 N–H and O–H groups in total. The number of aryl methyl sites for hydroxylation is 1. The van der Waals surface area contributed by atoms with Crippen molar-refractivity contribution in [2.75, 3.05) is 0 Å². The predicted molar refractivity (Wildman–Crippen MR) is 54.7 cm³/mol. The number of nitrogens with one attached hydrogen (secondary N) is 1. The Morgan fingerprint density at radius 3 is 2.93 bits per heavy atom. The number of rotatable bonds is 2. The molecule has 72 valence electrons. The van der Waals surface area contributed by atoms with Gasteiger partial charge in [0.15, 0.2) is 0 Å². The summed E-state index contributed by atoms with van der Waals surface area (Å²) in [5, 5.41) is 2.66. The average molecular weight is 188 g/mol. The minimum absolute atomic E-state index is 0.188. The summed E-state index contributed by atoms with van der Waals surface area (Å²) in [6.07, 6.45) is 8.36. The number of nitrogens with zero attached hydrogens (tertiary/aromatic N) is 1. The summed E-state index contributed by atoms with van der Waals surface area (Å²) in [4.78, 5) is 15.4. The third-order valence-electron chi connectivity index (χ3n) is 1.73. The fourth-order valence-electron chi connectivity index (χ4n) is 1.00. The molecule has 1 atom stereocenters. The van der Waals surface area contributed by atoms with Gasteiger partial charge in [-0.3, -0.25) is 9.78 Å². The zero-order valence-corrected chi connectivity index (χ0v) is 8.24. The SMILES string of the molecule is C#CC(C)NC(=O)c1cncc(C)c1. The molecule has 1 amide bonds. The summed E-state index contributed by atoms with van der Waals surface area (Å²) in [7, 11) is 0. The Kier molecular flexibility index (Phi) is 3.24. The van der Waals surface area contributed by atoms with Gasteiger partial charge in [0.05, 0.1) is 11.6 Å². The molecule has 0 spiro atoms. The van der Waals surface area contributed by atoms with Gasteiger partial charge in [0.2, 0.25) is 0 Å². The van der Waals surface area contributed by atoms with Crippen LogP contribution in [-0.2, 0) is 0 Å². The Morgan fingerprint density at radius 2 is 2.36 bits per heavy atom. The summed E-state index contributed by atoms with van der Waals surface area (Å²) in [5.41, 5.74) is 1.48. The van der Waals surface area contributed by atoms with E-state index in [0.717, 1.165) is 5.56 Å². The molecule has 1 aromatic rings. The maximum absolute atomic E-state index is 11.5. The van der Waals surface area contributed by atoms with Gasteiger partial charge in [0.1, 0.15) is 0 Å². The number of hydrogen-bond donors (Lipinski definition) is 1. The number of hydrogen-bond acceptors (Lipinski definition) is 2. The van der Waals surface area contributed by atoms with Crippen LogP contribution in [0.15, 0.2) is 18.5 Å². The maximum atomic E-state index is 11.5. The molecule has 0 aliphatic heterocycles. The van der Waals surface area contributed by atoms with E-state index in [9.17, 15) is 4.79 Å². The molecule has 0 aliphatic carbocycles. The Labute approximate surface area is 83.6 Å². The molecule has 0 fully saturated rings. The quantitative estimate of drug-likeness (QED) is 0.707. The molecule has 3 heteroatoms. The summed E-state index contributed by atoms with van der Waals surface area (Å²) in [6.45, 7) is 3.63. The molecule has 0 aromatic carbocycles. The molecule has 3 nitrogen and oxygen atoms in total. The summed E-state index contributed by atoms with van der Waals surface area (Å²) >= 11 is 0. The van der Waals surface area contributed by atoms with Crippen LogP contribution in [0.5, 0.6) is 0 Å². The molecule has 0 saturated heterocycles. The second kappa shape index (κ2) is 4.43. The number of pyridine rings is 1. The first kappa shape index (κ1) is 10.3. The van der Waals surface area contributed by atoms with E-state index in [-0.39, 0.29) is 11.9 Å². The normalized spacial score (nSPS) is 11.5. The molecule has 14 heavy (non-hydrogen) atoms. The van der Waals surface area contributed by atoms with Crippen LogP contribution >= 0.6 is 0 Å². The van der Waals surface area contributed by atoms with Crippen LogP contribution < -0.4 is 5.32 Å². The Morgan fingerprint density at radius 1 is 1.64 bits per heavy atom. The van der Waals surface area contributed by atoms with Gasteiger partial charge in [0.25, 0.3) is 5.91 Å². The van der Waals surface area contributed by atoms with Crippen LogP contribution in [0, 0.1) is 19.3 Å². The molecular weight excluding hydrogens is 176 g/mol. The van der Waals surface area contributed by atoms with Gasteiger partial charge < -0.3 is 5.32 Å². The number of terminal acetylenes is 1. The second-order valence-corrected chi connectivity index (χ2v) is 3.11. The average Bonchev–Trinajstić information content (AvgIpc) is 2.17. The Hall–Kier alpha value is -1.82. The fourth-order valence-corrected chi connectivity index (χ4v) is 1.00. The van der Waals surface area contributed by atoms with Crippen molar-refractivity contribution in [1.82, 2.24) is 10.3 Å². The standard InChI is InChI=1S/C11H12N2O/c1-4-9(3)13-11(14)10-5-8(2)6-12-7-10/h1,5-7,9H,2-3H3,(H,13,14). The van der Waals surface area contributed by atoms with Crippen molar-refractivity contribution in [3.8, 4) is 12.3 Å². The van der Waals surface area contributed by atoms with Crippen LogP contribution in [-0.4, -0.2) is 16.9 Å². The van der Waals surface area contributed by atoms with Crippen LogP contribution in [0.4, 0.5) is 0 Å². The molecule has 0 radical (unpaired) electrons. The Balaban J connectivity index is 2.76. The van der Waals surface area contributed by atoms with Crippen molar-refractivity contribution < 1.29 is 4.79 Å². The lowest BCUT2D eigenvalue weighted by atomic mass is 10.2. The van der Waals surface area contributed by atoms with Gasteiger partial charge in [-0.2, -0.15) is 0 Å². The summed E-state index contributed by atoms with van der Waals surface area (Å²) in [5.74, 6) is 2.24. The maximum Gasteiger partial charge on any atom is 0.253 e. The lowest BCUT2D eigenvalue weighted by Crippen LogP contribution is -2.31.